The molecule has 0 aromatic rings. The molecule has 0 bridgehead atoms. The Morgan fingerprint density at radius 3 is 2.00 bits per heavy atom. The summed E-state index contributed by atoms with van der Waals surface area (Å²) in [4.78, 5) is 0. The molecule has 0 aliphatic carbocycles. The Kier molecular flexibility index (Phi) is 4.20. The zero-order valence-corrected chi connectivity index (χ0v) is 8.31. The first kappa shape index (κ1) is 10.2. The van der Waals surface area contributed by atoms with Crippen LogP contribution in [0.3, 0.4) is 0 Å². The standard InChI is InChI=1S/C6H13ClO2Si/c1-5-6(7)10(4,8-2)9-3/h5-6H,1H2,2-4H3. The quantitative estimate of drug-likeness (QED) is 0.373. The molecule has 0 fully saturated rings. The lowest BCUT2D eigenvalue weighted by Gasteiger charge is -2.25. The van der Waals surface area contributed by atoms with E-state index >= 15 is 0 Å². The number of alkyl halides is 1. The fourth-order valence-electron chi connectivity index (χ4n) is 0.523. The molecule has 1 unspecified atom stereocenters. The molecule has 0 aliphatic rings. The van der Waals surface area contributed by atoms with Gasteiger partial charge in [0.1, 0.15) is 0 Å². The lowest BCUT2D eigenvalue weighted by Crippen LogP contribution is -2.45. The molecule has 0 rings (SSSR count). The topological polar surface area (TPSA) is 18.5 Å². The van der Waals surface area contributed by atoms with Crippen LogP contribution in [0, 0.1) is 0 Å². The zero-order valence-electron chi connectivity index (χ0n) is 6.56. The Bertz CT molecular complexity index is 114. The largest absolute Gasteiger partial charge is 0.397 e. The summed E-state index contributed by atoms with van der Waals surface area (Å²) >= 11 is 5.87. The van der Waals surface area contributed by atoms with Crippen LogP contribution in [0.1, 0.15) is 0 Å². The van der Waals surface area contributed by atoms with E-state index in [2.05, 4.69) is 6.58 Å². The molecule has 4 heteroatoms. The average molecular weight is 181 g/mol. The van der Waals surface area contributed by atoms with Crippen molar-refractivity contribution in [3.05, 3.63) is 12.7 Å². The molecule has 1 atom stereocenters. The van der Waals surface area contributed by atoms with Crippen LogP contribution in [-0.4, -0.2) is 27.8 Å². The van der Waals surface area contributed by atoms with Gasteiger partial charge in [-0.1, -0.05) is 6.08 Å². The van der Waals surface area contributed by atoms with E-state index < -0.39 is 8.56 Å². The van der Waals surface area contributed by atoms with E-state index in [0.717, 1.165) is 0 Å². The van der Waals surface area contributed by atoms with Gasteiger partial charge < -0.3 is 8.85 Å². The second-order valence-electron chi connectivity index (χ2n) is 2.06. The van der Waals surface area contributed by atoms with Crippen molar-refractivity contribution in [2.75, 3.05) is 14.2 Å². The van der Waals surface area contributed by atoms with Gasteiger partial charge in [-0.25, -0.2) is 0 Å². The van der Waals surface area contributed by atoms with E-state index in [1.54, 1.807) is 20.3 Å². The molecule has 0 aliphatic heterocycles. The van der Waals surface area contributed by atoms with Gasteiger partial charge in [0, 0.05) is 14.2 Å². The van der Waals surface area contributed by atoms with Crippen molar-refractivity contribution < 1.29 is 8.85 Å². The lowest BCUT2D eigenvalue weighted by atomic mass is 10.8. The van der Waals surface area contributed by atoms with Crippen molar-refractivity contribution >= 4 is 20.2 Å². The highest BCUT2D eigenvalue weighted by Crippen LogP contribution is 2.16. The minimum Gasteiger partial charge on any atom is -0.397 e. The molecule has 60 valence electrons. The Hall–Kier alpha value is 0.167. The van der Waals surface area contributed by atoms with Crippen molar-refractivity contribution in [2.24, 2.45) is 0 Å². The SMILES string of the molecule is C=CC(Cl)[Si](C)(OC)OC. The van der Waals surface area contributed by atoms with Crippen molar-refractivity contribution in [2.45, 2.75) is 11.5 Å². The Morgan fingerprint density at radius 2 is 1.90 bits per heavy atom. The highest BCUT2D eigenvalue weighted by atomic mass is 35.5. The summed E-state index contributed by atoms with van der Waals surface area (Å²) in [6.45, 7) is 5.46. The number of hydrogen-bond acceptors (Lipinski definition) is 2. The van der Waals surface area contributed by atoms with Crippen molar-refractivity contribution in [1.82, 2.24) is 0 Å². The minimum atomic E-state index is -2.15. The fourth-order valence-corrected chi connectivity index (χ4v) is 2.10. The molecule has 0 spiro atoms. The monoisotopic (exact) mass is 180 g/mol. The molecule has 0 saturated heterocycles. The van der Waals surface area contributed by atoms with Crippen LogP contribution in [0.5, 0.6) is 0 Å². The van der Waals surface area contributed by atoms with Crippen molar-refractivity contribution in [3.63, 3.8) is 0 Å². The van der Waals surface area contributed by atoms with Gasteiger partial charge in [-0.05, 0) is 6.55 Å². The third kappa shape index (κ3) is 2.09. The second-order valence-corrected chi connectivity index (χ2v) is 6.37. The fraction of sp³-hybridized carbons (Fsp3) is 0.667. The molecule has 0 saturated carbocycles. The molecular formula is C6H13ClO2Si. The van der Waals surface area contributed by atoms with Gasteiger partial charge in [0.25, 0.3) is 0 Å². The van der Waals surface area contributed by atoms with Crippen molar-refractivity contribution in [1.29, 1.82) is 0 Å². The molecule has 0 aromatic carbocycles. The molecule has 0 radical (unpaired) electrons. The maximum absolute atomic E-state index is 5.87. The predicted octanol–water partition coefficient (Wildman–Crippen LogP) is 1.68. The number of halogens is 1. The Morgan fingerprint density at radius 1 is 1.50 bits per heavy atom. The maximum Gasteiger partial charge on any atom is 0.356 e. The summed E-state index contributed by atoms with van der Waals surface area (Å²) in [7, 11) is 1.06. The number of allylic oxidation sites excluding steroid dienone is 1. The van der Waals surface area contributed by atoms with Gasteiger partial charge in [-0.3, -0.25) is 0 Å². The third-order valence-electron chi connectivity index (χ3n) is 1.52. The zero-order chi connectivity index (χ0) is 8.20. The molecule has 10 heavy (non-hydrogen) atoms. The Balaban J connectivity index is 4.15. The summed E-state index contributed by atoms with van der Waals surface area (Å²) in [5, 5.41) is -0.192. The number of hydrogen-bond donors (Lipinski definition) is 0. The van der Waals surface area contributed by atoms with Gasteiger partial charge >= 0.3 is 8.56 Å². The van der Waals surface area contributed by atoms with E-state index in [1.807, 2.05) is 6.55 Å². The maximum atomic E-state index is 5.87. The smallest absolute Gasteiger partial charge is 0.356 e. The average Bonchev–Trinajstić information content (AvgIpc) is 2.01. The van der Waals surface area contributed by atoms with Crippen LogP contribution in [0.25, 0.3) is 0 Å². The molecule has 0 aromatic heterocycles. The summed E-state index contributed by atoms with van der Waals surface area (Å²) < 4.78 is 10.3. The van der Waals surface area contributed by atoms with Crippen LogP contribution in [0.4, 0.5) is 0 Å². The van der Waals surface area contributed by atoms with Crippen LogP contribution in [0.2, 0.25) is 6.55 Å². The highest BCUT2D eigenvalue weighted by Gasteiger charge is 2.36. The van der Waals surface area contributed by atoms with Crippen LogP contribution < -0.4 is 0 Å². The summed E-state index contributed by atoms with van der Waals surface area (Å²) in [6, 6.07) is 0. The van der Waals surface area contributed by atoms with Crippen LogP contribution in [-0.2, 0) is 8.85 Å². The molecule has 0 N–H and O–H groups in total. The Labute approximate surface area is 68.0 Å². The lowest BCUT2D eigenvalue weighted by molar-refractivity contribution is 0.251. The first-order valence-electron chi connectivity index (χ1n) is 2.97. The molecule has 2 nitrogen and oxygen atoms in total. The minimum absolute atomic E-state index is 0.192. The first-order chi connectivity index (χ1) is 4.60. The number of rotatable bonds is 4. The van der Waals surface area contributed by atoms with Gasteiger partial charge in [0.2, 0.25) is 0 Å². The molecule has 0 amide bonds. The second kappa shape index (κ2) is 4.13. The summed E-state index contributed by atoms with van der Waals surface area (Å²) in [5.74, 6) is 0. The van der Waals surface area contributed by atoms with Crippen LogP contribution >= 0.6 is 11.6 Å². The van der Waals surface area contributed by atoms with E-state index in [1.165, 1.54) is 0 Å². The van der Waals surface area contributed by atoms with Crippen molar-refractivity contribution in [3.8, 4) is 0 Å². The van der Waals surface area contributed by atoms with Crippen LogP contribution in [0.15, 0.2) is 12.7 Å². The van der Waals surface area contributed by atoms with E-state index in [-0.39, 0.29) is 5.00 Å². The molecule has 0 heterocycles. The van der Waals surface area contributed by atoms with Gasteiger partial charge in [0.05, 0.1) is 5.00 Å². The van der Waals surface area contributed by atoms with E-state index in [0.29, 0.717) is 0 Å². The van der Waals surface area contributed by atoms with Gasteiger partial charge in [-0.2, -0.15) is 0 Å². The van der Waals surface area contributed by atoms with Gasteiger partial charge in [-0.15, -0.1) is 18.2 Å². The first-order valence-corrected chi connectivity index (χ1v) is 5.80. The highest BCUT2D eigenvalue weighted by molar-refractivity contribution is 6.76. The summed E-state index contributed by atoms with van der Waals surface area (Å²) in [5.41, 5.74) is 0. The van der Waals surface area contributed by atoms with E-state index in [4.69, 9.17) is 20.5 Å². The van der Waals surface area contributed by atoms with E-state index in [9.17, 15) is 0 Å². The summed E-state index contributed by atoms with van der Waals surface area (Å²) in [6.07, 6.45) is 1.64. The molecular weight excluding hydrogens is 168 g/mol. The third-order valence-corrected chi connectivity index (χ3v) is 5.74. The predicted molar refractivity (Wildman–Crippen MR) is 45.5 cm³/mol. The van der Waals surface area contributed by atoms with Gasteiger partial charge in [0.15, 0.2) is 0 Å². The normalized spacial score (nSPS) is 14.8.